The molecule has 6 nitrogen and oxygen atoms in total. The van der Waals surface area contributed by atoms with Gasteiger partial charge in [-0.25, -0.2) is 0 Å². The van der Waals surface area contributed by atoms with Gasteiger partial charge in [0.05, 0.1) is 6.85 Å². The maximum atomic E-state index is 13.3. The number of fused-ring (bicyclic) bond motifs is 5. The summed E-state index contributed by atoms with van der Waals surface area (Å²) >= 11 is 2.11. The van der Waals surface area contributed by atoms with Gasteiger partial charge in [0.15, 0.2) is 0 Å². The first-order valence-corrected chi connectivity index (χ1v) is 23.3. The van der Waals surface area contributed by atoms with Crippen molar-refractivity contribution in [1.29, 1.82) is 0 Å². The quantitative estimate of drug-likeness (QED) is 0.143. The van der Waals surface area contributed by atoms with Crippen LogP contribution in [-0.4, -0.2) is 24.5 Å². The number of aromatic nitrogens is 4. The second-order valence-electron chi connectivity index (χ2n) is 17.7. The number of ether oxygens (including phenoxy) is 1. The average Bonchev–Trinajstić information content (AvgIpc) is 1.57. The molecule has 0 radical (unpaired) electrons. The first kappa shape index (κ1) is 29.3. The molecule has 69 heavy (non-hydrogen) atoms. The van der Waals surface area contributed by atoms with E-state index < -0.39 is 78.6 Å². The Kier molecular flexibility index (Phi) is 7.27. The predicted molar refractivity (Wildman–Crippen MR) is 274 cm³/mol. The van der Waals surface area contributed by atoms with E-state index in [1.54, 1.807) is 47.2 Å². The number of hydrogen-bond donors (Lipinski definition) is 0. The van der Waals surface area contributed by atoms with Crippen LogP contribution in [0, 0.1) is 15.9 Å². The second-order valence-corrected chi connectivity index (χ2v) is 18.7. The Morgan fingerprint density at radius 2 is 1.33 bits per heavy atom. The molecule has 0 fully saturated rings. The molecule has 3 heterocycles. The summed E-state index contributed by atoms with van der Waals surface area (Å²) in [5.41, 5.74) is 5.05. The van der Waals surface area contributed by atoms with Gasteiger partial charge < -0.3 is 0 Å². The molecule has 338 valence electrons. The molecule has 0 saturated heterocycles. The zero-order valence-electron chi connectivity index (χ0n) is 52.3. The summed E-state index contributed by atoms with van der Waals surface area (Å²) < 4.78 is 145. The molecule has 0 amide bonds. The minimum absolute atomic E-state index is 0.0658. The fraction of sp³-hybridized carbons (Fsp3) is 0.113. The monoisotopic (exact) mass is 1090 g/mol. The first-order chi connectivity index (χ1) is 39.9. The van der Waals surface area contributed by atoms with Gasteiger partial charge in [-0.3, -0.25) is 0 Å². The minimum atomic E-state index is -0.627. The molecular formula is C62H46N4O2Pt-2. The molecule has 11 aromatic rings. The number of imidazole rings is 1. The van der Waals surface area contributed by atoms with Crippen LogP contribution < -0.4 is 4.74 Å². The van der Waals surface area contributed by atoms with Crippen molar-refractivity contribution in [1.82, 2.24) is 18.7 Å². The number of Topliss-reactive ketones (excluding diaryl/α,β-unsaturated/α-hetero) is 1. The Balaban J connectivity index is 1.07. The standard InChI is InChI=1S/C62H46N4O2.Pt/c1-62(2,3)46-32-33-63-59(37-46)66-55-31-26-44(41-16-7-4-8-17-41)35-54(55)52-30-28-50(39-58(52)66)68-49-23-15-22-47(38-49)64-40-65(57-25-14-13-24-56(57)64)61-53(42-18-9-5-10-19-42)36-45-34-48(67)27-29-51(45)60(61)43-20-11-6-12-21-43;/h4-26,28,30-33,35-37H,27,29,34H2,1-3H3;/q-2;/i4D,5D,6D,7D,8D,9D,10D,11D,12D,16D,17D,18D,19D,20D,21D;. The van der Waals surface area contributed by atoms with Crippen LogP contribution in [0.15, 0.2) is 188 Å². The van der Waals surface area contributed by atoms with Gasteiger partial charge in [0, 0.05) is 6.20 Å². The van der Waals surface area contributed by atoms with Crippen LogP contribution in [0.25, 0.3) is 83.4 Å². The molecule has 0 bridgehead atoms. The molecule has 1 aliphatic carbocycles. The summed E-state index contributed by atoms with van der Waals surface area (Å²) in [7, 11) is 0. The number of nitrogens with zero attached hydrogens (tertiary/aromatic N) is 4. The molecule has 0 spiro atoms. The van der Waals surface area contributed by atoms with Crippen molar-refractivity contribution in [3.8, 4) is 62.1 Å². The molecular weight excluding hydrogens is 1030 g/mol. The third-order valence-corrected chi connectivity index (χ3v) is 13.5. The Labute approximate surface area is 433 Å². The molecule has 3 aromatic heterocycles. The summed E-state index contributed by atoms with van der Waals surface area (Å²) in [6, 6.07) is 26.3. The molecule has 0 saturated carbocycles. The van der Waals surface area contributed by atoms with Crippen LogP contribution in [0.1, 0.15) is 64.4 Å². The molecule has 0 aliphatic heterocycles. The summed E-state index contributed by atoms with van der Waals surface area (Å²) in [6.07, 6.45) is 1.83. The van der Waals surface area contributed by atoms with Gasteiger partial charge in [-0.1, -0.05) is 57.0 Å². The number of pyridine rings is 1. The van der Waals surface area contributed by atoms with Crippen LogP contribution in [0.2, 0.25) is 0 Å². The molecule has 12 rings (SSSR count). The van der Waals surface area contributed by atoms with Gasteiger partial charge in [-0.15, -0.1) is 0 Å². The van der Waals surface area contributed by atoms with Crippen molar-refractivity contribution in [2.45, 2.75) is 45.4 Å². The predicted octanol–water partition coefficient (Wildman–Crippen LogP) is 14.7. The topological polar surface area (TPSA) is 54.0 Å². The smallest absolute Gasteiger partial charge is 0.0617 e. The number of ketones is 1. The number of carbonyl (C=O) groups is 1. The maximum absolute atomic E-state index is 13.3. The van der Waals surface area contributed by atoms with Crippen molar-refractivity contribution >= 4 is 38.6 Å². The summed E-state index contributed by atoms with van der Waals surface area (Å²) in [5.74, 6) is 1.01. The third-order valence-electron chi connectivity index (χ3n) is 12.5. The van der Waals surface area contributed by atoms with E-state index in [-0.39, 0.29) is 81.8 Å². The van der Waals surface area contributed by atoms with E-state index in [0.29, 0.717) is 70.6 Å². The van der Waals surface area contributed by atoms with Crippen LogP contribution in [-0.2, 0) is 42.4 Å². The van der Waals surface area contributed by atoms with E-state index in [4.69, 9.17) is 24.8 Å². The van der Waals surface area contributed by atoms with Crippen molar-refractivity contribution < 1.29 is 49.4 Å². The van der Waals surface area contributed by atoms with Gasteiger partial charge in [0.2, 0.25) is 0 Å². The summed E-state index contributed by atoms with van der Waals surface area (Å²) in [6.45, 7) is 6.31. The number of carbonyl (C=O) groups excluding carboxylic acids is 1. The number of rotatable bonds is 8. The molecule has 8 aromatic carbocycles. The van der Waals surface area contributed by atoms with Crippen LogP contribution in [0.4, 0.5) is 0 Å². The van der Waals surface area contributed by atoms with E-state index in [1.807, 2.05) is 63.7 Å². The zero-order chi connectivity index (χ0) is 59.9. The fourth-order valence-corrected chi connectivity index (χ4v) is 10.4. The molecule has 0 unspecified atom stereocenters. The van der Waals surface area contributed by atoms with Crippen molar-refractivity contribution in [3.05, 3.63) is 220 Å². The SMILES string of the molecule is [2H]c1c([2H])c([2H])c(-c2ccc3c(c2)c2ccc(Oc4[c-]c(-n5[c](=[Pt])n(-c6c(-c7c([2H])c([2H])c([2H])c([2H])c7[2H])cc7c(c6-c6c([2H])c([2H])c([2H])c([2H])c6[2H])CCC(=O)C7)c6ccccc65)ccc4)[c-]c2n3-c2cc(C(C)(C)C)ccn2)c([2H])c1[2H]. The minimum Gasteiger partial charge on any atom is -0.0617 e. The van der Waals surface area contributed by atoms with Crippen molar-refractivity contribution in [2.24, 2.45) is 0 Å². The number of para-hydroxylation sites is 2. The molecule has 7 heteroatoms. The van der Waals surface area contributed by atoms with Gasteiger partial charge in [-0.05, 0) is 28.2 Å². The van der Waals surface area contributed by atoms with Crippen LogP contribution in [0.5, 0.6) is 11.5 Å². The summed E-state index contributed by atoms with van der Waals surface area (Å²) in [4.78, 5) is 18.1. The van der Waals surface area contributed by atoms with Crippen molar-refractivity contribution in [2.75, 3.05) is 0 Å². The average molecular weight is 1090 g/mol. The fourth-order valence-electron chi connectivity index (χ4n) is 9.31. The Bertz CT molecular complexity index is 4710. The number of hydrogen-bond acceptors (Lipinski definition) is 3. The van der Waals surface area contributed by atoms with E-state index in [0.717, 1.165) is 5.56 Å². The molecule has 0 atom stereocenters. The summed E-state index contributed by atoms with van der Waals surface area (Å²) in [5, 5.41) is 1.41. The van der Waals surface area contributed by atoms with Crippen molar-refractivity contribution in [3.63, 3.8) is 0 Å². The number of benzene rings is 8. The Hall–Kier alpha value is -7.66. The Morgan fingerprint density at radius 3 is 2.07 bits per heavy atom. The van der Waals surface area contributed by atoms with Gasteiger partial charge in [0.25, 0.3) is 0 Å². The van der Waals surface area contributed by atoms with Crippen LogP contribution in [0.3, 0.4) is 0 Å². The molecule has 1 aliphatic rings. The second kappa shape index (κ2) is 17.1. The normalized spacial score (nSPS) is 15.8. The van der Waals surface area contributed by atoms with Gasteiger partial charge >= 0.3 is 336 Å². The van der Waals surface area contributed by atoms with E-state index >= 15 is 0 Å². The van der Waals surface area contributed by atoms with E-state index in [9.17, 15) is 10.3 Å². The van der Waals surface area contributed by atoms with Gasteiger partial charge in [0.1, 0.15) is 0 Å². The first-order valence-electron chi connectivity index (χ1n) is 29.7. The van der Waals surface area contributed by atoms with E-state index in [2.05, 4.69) is 52.3 Å². The van der Waals surface area contributed by atoms with E-state index in [1.165, 1.54) is 0 Å². The Morgan fingerprint density at radius 1 is 0.638 bits per heavy atom. The van der Waals surface area contributed by atoms with Gasteiger partial charge in [-0.2, -0.15) is 0 Å². The van der Waals surface area contributed by atoms with Crippen LogP contribution >= 0.6 is 0 Å². The third kappa shape index (κ3) is 7.60. The molecule has 0 N–H and O–H groups in total. The zero-order valence-corrected chi connectivity index (χ0v) is 39.6.